The Morgan fingerprint density at radius 3 is 2.47 bits per heavy atom. The molecule has 2 heteroatoms. The molecule has 1 aromatic carbocycles. The topological polar surface area (TPSA) is 46.2 Å². The van der Waals surface area contributed by atoms with Crippen LogP contribution in [0.2, 0.25) is 0 Å². The van der Waals surface area contributed by atoms with Gasteiger partial charge in [0.2, 0.25) is 0 Å². The van der Waals surface area contributed by atoms with Crippen LogP contribution in [0.1, 0.15) is 37.5 Å². The van der Waals surface area contributed by atoms with Gasteiger partial charge in [0, 0.05) is 12.0 Å². The minimum atomic E-state index is -0.478. The molecule has 0 saturated heterocycles. The Kier molecular flexibility index (Phi) is 3.89. The van der Waals surface area contributed by atoms with Crippen molar-refractivity contribution in [1.29, 1.82) is 0 Å². The predicted molar refractivity (Wildman–Crippen MR) is 63.6 cm³/mol. The van der Waals surface area contributed by atoms with E-state index in [2.05, 4.69) is 6.92 Å². The predicted octanol–water partition coefficient (Wildman–Crippen LogP) is 2.40. The first kappa shape index (κ1) is 12.2. The van der Waals surface area contributed by atoms with Gasteiger partial charge in [0.15, 0.2) is 0 Å². The highest BCUT2D eigenvalue weighted by Crippen LogP contribution is 2.36. The molecular formula is C13H21NO. The van der Waals surface area contributed by atoms with Crippen LogP contribution < -0.4 is 5.73 Å². The molecule has 0 aliphatic carbocycles. The Bertz CT molecular complexity index is 318. The summed E-state index contributed by atoms with van der Waals surface area (Å²) in [5.74, 6) is 0. The first-order valence-corrected chi connectivity index (χ1v) is 5.49. The van der Waals surface area contributed by atoms with Crippen molar-refractivity contribution >= 4 is 0 Å². The van der Waals surface area contributed by atoms with Crippen molar-refractivity contribution in [2.75, 3.05) is 6.54 Å². The van der Waals surface area contributed by atoms with Crippen LogP contribution in [0.25, 0.3) is 0 Å². The molecule has 2 unspecified atom stereocenters. The van der Waals surface area contributed by atoms with Crippen LogP contribution >= 0.6 is 0 Å². The van der Waals surface area contributed by atoms with E-state index in [9.17, 15) is 5.11 Å². The Balaban J connectivity index is 3.03. The van der Waals surface area contributed by atoms with E-state index in [-0.39, 0.29) is 5.41 Å². The van der Waals surface area contributed by atoms with E-state index >= 15 is 0 Å². The van der Waals surface area contributed by atoms with Crippen LogP contribution in [0.4, 0.5) is 0 Å². The lowest BCUT2D eigenvalue weighted by Gasteiger charge is -2.33. The number of hydrogen-bond acceptors (Lipinski definition) is 2. The maximum Gasteiger partial charge on any atom is 0.0858 e. The lowest BCUT2D eigenvalue weighted by Crippen LogP contribution is -2.33. The SMILES string of the molecule is CCC(C)(CN)C(O)c1ccccc1C. The van der Waals surface area contributed by atoms with Gasteiger partial charge in [-0.05, 0) is 24.5 Å². The molecule has 2 nitrogen and oxygen atoms in total. The molecule has 0 spiro atoms. The molecule has 0 amide bonds. The fourth-order valence-electron chi connectivity index (χ4n) is 1.72. The number of aliphatic hydroxyl groups excluding tert-OH is 1. The second-order valence-electron chi connectivity index (χ2n) is 4.47. The summed E-state index contributed by atoms with van der Waals surface area (Å²) in [6.45, 7) is 6.61. The molecule has 0 aliphatic rings. The molecule has 0 aliphatic heterocycles. The summed E-state index contributed by atoms with van der Waals surface area (Å²) in [6.07, 6.45) is 0.396. The first-order chi connectivity index (χ1) is 7.05. The molecule has 2 atom stereocenters. The van der Waals surface area contributed by atoms with Gasteiger partial charge in [0.05, 0.1) is 6.10 Å². The van der Waals surface area contributed by atoms with Crippen LogP contribution in [-0.4, -0.2) is 11.7 Å². The van der Waals surface area contributed by atoms with Gasteiger partial charge in [-0.25, -0.2) is 0 Å². The molecule has 1 aromatic rings. The normalized spacial score (nSPS) is 17.1. The van der Waals surface area contributed by atoms with Crippen LogP contribution in [0.5, 0.6) is 0 Å². The molecule has 0 saturated carbocycles. The minimum absolute atomic E-state index is 0.230. The smallest absolute Gasteiger partial charge is 0.0858 e. The molecule has 0 fully saturated rings. The maximum absolute atomic E-state index is 10.3. The van der Waals surface area contributed by atoms with E-state index in [4.69, 9.17) is 5.73 Å². The summed E-state index contributed by atoms with van der Waals surface area (Å²) in [5.41, 5.74) is 7.63. The van der Waals surface area contributed by atoms with Crippen molar-refractivity contribution in [1.82, 2.24) is 0 Å². The number of hydrogen-bond donors (Lipinski definition) is 2. The second-order valence-corrected chi connectivity index (χ2v) is 4.47. The number of nitrogens with two attached hydrogens (primary N) is 1. The average Bonchev–Trinajstić information content (AvgIpc) is 2.28. The quantitative estimate of drug-likeness (QED) is 0.796. The van der Waals surface area contributed by atoms with Gasteiger partial charge in [-0.2, -0.15) is 0 Å². The molecular weight excluding hydrogens is 186 g/mol. The summed E-state index contributed by atoms with van der Waals surface area (Å²) >= 11 is 0. The number of rotatable bonds is 4. The lowest BCUT2D eigenvalue weighted by molar-refractivity contribution is 0.0387. The van der Waals surface area contributed by atoms with Crippen molar-refractivity contribution < 1.29 is 5.11 Å². The minimum Gasteiger partial charge on any atom is -0.388 e. The second kappa shape index (κ2) is 4.77. The van der Waals surface area contributed by atoms with Gasteiger partial charge < -0.3 is 10.8 Å². The Hall–Kier alpha value is -0.860. The zero-order valence-electron chi connectivity index (χ0n) is 9.83. The molecule has 0 heterocycles. The Morgan fingerprint density at radius 1 is 1.40 bits per heavy atom. The fourth-order valence-corrected chi connectivity index (χ4v) is 1.72. The average molecular weight is 207 g/mol. The molecule has 0 bridgehead atoms. The monoisotopic (exact) mass is 207 g/mol. The van der Waals surface area contributed by atoms with Crippen LogP contribution in [0, 0.1) is 12.3 Å². The molecule has 0 aromatic heterocycles. The Morgan fingerprint density at radius 2 is 2.00 bits per heavy atom. The van der Waals surface area contributed by atoms with Crippen molar-refractivity contribution in [3.8, 4) is 0 Å². The number of benzene rings is 1. The largest absolute Gasteiger partial charge is 0.388 e. The van der Waals surface area contributed by atoms with Crippen molar-refractivity contribution in [2.24, 2.45) is 11.1 Å². The van der Waals surface area contributed by atoms with E-state index in [1.807, 2.05) is 38.1 Å². The van der Waals surface area contributed by atoms with Crippen molar-refractivity contribution in [2.45, 2.75) is 33.3 Å². The third-order valence-corrected chi connectivity index (χ3v) is 3.42. The van der Waals surface area contributed by atoms with Gasteiger partial charge in [-0.1, -0.05) is 38.1 Å². The van der Waals surface area contributed by atoms with Crippen LogP contribution in [-0.2, 0) is 0 Å². The van der Waals surface area contributed by atoms with Gasteiger partial charge in [0.1, 0.15) is 0 Å². The standard InChI is InChI=1S/C13H21NO/c1-4-13(3,9-14)12(15)11-8-6-5-7-10(11)2/h5-8,12,15H,4,9,14H2,1-3H3. The third-order valence-electron chi connectivity index (χ3n) is 3.42. The molecule has 84 valence electrons. The fraction of sp³-hybridized carbons (Fsp3) is 0.538. The zero-order chi connectivity index (χ0) is 11.5. The number of aryl methyl sites for hydroxylation is 1. The highest BCUT2D eigenvalue weighted by Gasteiger charge is 2.31. The van der Waals surface area contributed by atoms with E-state index in [0.717, 1.165) is 17.5 Å². The summed E-state index contributed by atoms with van der Waals surface area (Å²) in [6, 6.07) is 7.93. The molecule has 0 radical (unpaired) electrons. The number of aliphatic hydroxyl groups is 1. The molecule has 1 rings (SSSR count). The van der Waals surface area contributed by atoms with E-state index < -0.39 is 6.10 Å². The molecule has 3 N–H and O–H groups in total. The maximum atomic E-state index is 10.3. The highest BCUT2D eigenvalue weighted by atomic mass is 16.3. The Labute approximate surface area is 92.1 Å². The third kappa shape index (κ3) is 2.39. The van der Waals surface area contributed by atoms with E-state index in [0.29, 0.717) is 6.54 Å². The van der Waals surface area contributed by atoms with Gasteiger partial charge in [-0.3, -0.25) is 0 Å². The van der Waals surface area contributed by atoms with Crippen LogP contribution in [0.15, 0.2) is 24.3 Å². The van der Waals surface area contributed by atoms with Gasteiger partial charge >= 0.3 is 0 Å². The lowest BCUT2D eigenvalue weighted by atomic mass is 9.77. The highest BCUT2D eigenvalue weighted by molar-refractivity contribution is 5.29. The summed E-state index contributed by atoms with van der Waals surface area (Å²) in [5, 5.41) is 10.3. The van der Waals surface area contributed by atoms with E-state index in [1.165, 1.54) is 0 Å². The van der Waals surface area contributed by atoms with E-state index in [1.54, 1.807) is 0 Å². The first-order valence-electron chi connectivity index (χ1n) is 5.49. The summed E-state index contributed by atoms with van der Waals surface area (Å²) in [4.78, 5) is 0. The zero-order valence-corrected chi connectivity index (χ0v) is 9.83. The van der Waals surface area contributed by atoms with Crippen LogP contribution in [0.3, 0.4) is 0 Å². The van der Waals surface area contributed by atoms with Gasteiger partial charge in [0.25, 0.3) is 0 Å². The summed E-state index contributed by atoms with van der Waals surface area (Å²) < 4.78 is 0. The summed E-state index contributed by atoms with van der Waals surface area (Å²) in [7, 11) is 0. The van der Waals surface area contributed by atoms with Crippen molar-refractivity contribution in [3.05, 3.63) is 35.4 Å². The molecule has 15 heavy (non-hydrogen) atoms. The van der Waals surface area contributed by atoms with Crippen molar-refractivity contribution in [3.63, 3.8) is 0 Å². The van der Waals surface area contributed by atoms with Gasteiger partial charge in [-0.15, -0.1) is 0 Å².